The van der Waals surface area contributed by atoms with E-state index in [1.54, 1.807) is 0 Å². The Morgan fingerprint density at radius 2 is 2.25 bits per heavy atom. The van der Waals surface area contributed by atoms with Crippen molar-refractivity contribution in [2.75, 3.05) is 6.54 Å². The van der Waals surface area contributed by atoms with Gasteiger partial charge in [0.15, 0.2) is 0 Å². The number of nitro benzene ring substituents is 1. The van der Waals surface area contributed by atoms with E-state index in [4.69, 9.17) is 11.6 Å². The molecule has 0 radical (unpaired) electrons. The average Bonchev–Trinajstić information content (AvgIpc) is 2.81. The van der Waals surface area contributed by atoms with Gasteiger partial charge in [-0.25, -0.2) is 0 Å². The molecule has 1 aromatic rings. The van der Waals surface area contributed by atoms with Crippen LogP contribution in [0.15, 0.2) is 18.2 Å². The van der Waals surface area contributed by atoms with Crippen LogP contribution in [0.2, 0.25) is 5.02 Å². The molecule has 6 nitrogen and oxygen atoms in total. The summed E-state index contributed by atoms with van der Waals surface area (Å²) in [5.74, 6) is -0.268. The second-order valence-corrected chi connectivity index (χ2v) is 5.40. The minimum atomic E-state index is -0.625. The van der Waals surface area contributed by atoms with Crippen LogP contribution in [0.1, 0.15) is 29.6 Å². The quantitative estimate of drug-likeness (QED) is 0.658. The Morgan fingerprint density at radius 3 is 2.85 bits per heavy atom. The highest BCUT2D eigenvalue weighted by Crippen LogP contribution is 2.26. The third-order valence-corrected chi connectivity index (χ3v) is 3.70. The highest BCUT2D eigenvalue weighted by Gasteiger charge is 2.25. The van der Waals surface area contributed by atoms with Crippen molar-refractivity contribution in [2.24, 2.45) is 5.92 Å². The number of halogens is 1. The molecule has 0 spiro atoms. The summed E-state index contributed by atoms with van der Waals surface area (Å²) in [6.07, 6.45) is 1.94. The molecule has 2 N–H and O–H groups in total. The Bertz CT molecular complexity index is 535. The van der Waals surface area contributed by atoms with Crippen molar-refractivity contribution in [3.05, 3.63) is 38.9 Å². The maximum atomic E-state index is 12.0. The molecule has 0 heterocycles. The second kappa shape index (κ2) is 6.19. The lowest BCUT2D eigenvalue weighted by molar-refractivity contribution is -0.385. The Balaban J connectivity index is 2.03. The van der Waals surface area contributed by atoms with Gasteiger partial charge in [0.05, 0.1) is 11.0 Å². The number of nitro groups is 1. The first-order valence-electron chi connectivity index (χ1n) is 6.37. The SMILES string of the molecule is O=C(NCC1CCC(O)C1)c1ccc(Cl)cc1[N+](=O)[O-]. The molecule has 1 aliphatic rings. The van der Waals surface area contributed by atoms with Gasteiger partial charge >= 0.3 is 0 Å². The summed E-state index contributed by atoms with van der Waals surface area (Å²) >= 11 is 5.70. The summed E-state index contributed by atoms with van der Waals surface area (Å²) in [6, 6.07) is 3.96. The monoisotopic (exact) mass is 298 g/mol. The third-order valence-electron chi connectivity index (χ3n) is 3.47. The molecule has 7 heteroatoms. The normalized spacial score (nSPS) is 21.7. The minimum absolute atomic E-state index is 0.00190. The Labute approximate surface area is 120 Å². The summed E-state index contributed by atoms with van der Waals surface area (Å²) in [7, 11) is 0. The van der Waals surface area contributed by atoms with Crippen molar-refractivity contribution in [1.29, 1.82) is 0 Å². The molecule has 20 heavy (non-hydrogen) atoms. The van der Waals surface area contributed by atoms with Crippen molar-refractivity contribution >= 4 is 23.2 Å². The topological polar surface area (TPSA) is 92.5 Å². The number of carbonyl (C=O) groups excluding carboxylic acids is 1. The van der Waals surface area contributed by atoms with Gasteiger partial charge in [-0.1, -0.05) is 11.6 Å². The fourth-order valence-corrected chi connectivity index (χ4v) is 2.58. The van der Waals surface area contributed by atoms with E-state index in [2.05, 4.69) is 5.32 Å². The van der Waals surface area contributed by atoms with Crippen molar-refractivity contribution in [1.82, 2.24) is 5.32 Å². The van der Waals surface area contributed by atoms with Gasteiger partial charge in [0, 0.05) is 17.6 Å². The zero-order valence-corrected chi connectivity index (χ0v) is 11.5. The van der Waals surface area contributed by atoms with Gasteiger partial charge in [-0.3, -0.25) is 14.9 Å². The lowest BCUT2D eigenvalue weighted by atomic mass is 10.1. The zero-order chi connectivity index (χ0) is 14.7. The van der Waals surface area contributed by atoms with Crippen molar-refractivity contribution in [3.8, 4) is 0 Å². The molecule has 0 bridgehead atoms. The number of aliphatic hydroxyl groups excluding tert-OH is 1. The van der Waals surface area contributed by atoms with E-state index >= 15 is 0 Å². The summed E-state index contributed by atoms with van der Waals surface area (Å²) in [4.78, 5) is 22.3. The van der Waals surface area contributed by atoms with Crippen molar-refractivity contribution < 1.29 is 14.8 Å². The standard InChI is InChI=1S/C13H15ClN2O4/c14-9-2-4-11(12(6-9)16(19)20)13(18)15-7-8-1-3-10(17)5-8/h2,4,6,8,10,17H,1,3,5,7H2,(H,15,18). The number of hydrogen-bond acceptors (Lipinski definition) is 4. The third kappa shape index (κ3) is 3.46. The van der Waals surface area contributed by atoms with E-state index in [9.17, 15) is 20.0 Å². The molecule has 108 valence electrons. The van der Waals surface area contributed by atoms with E-state index in [1.165, 1.54) is 12.1 Å². The Morgan fingerprint density at radius 1 is 1.50 bits per heavy atom. The number of carbonyl (C=O) groups is 1. The molecule has 1 saturated carbocycles. The van der Waals surface area contributed by atoms with E-state index in [-0.39, 0.29) is 28.3 Å². The van der Waals surface area contributed by atoms with Crippen LogP contribution in [0.4, 0.5) is 5.69 Å². The highest BCUT2D eigenvalue weighted by atomic mass is 35.5. The van der Waals surface area contributed by atoms with E-state index in [1.807, 2.05) is 0 Å². The first kappa shape index (κ1) is 14.7. The van der Waals surface area contributed by atoms with Gasteiger partial charge in [-0.05, 0) is 37.3 Å². The van der Waals surface area contributed by atoms with Gasteiger partial charge in [0.25, 0.3) is 11.6 Å². The largest absolute Gasteiger partial charge is 0.393 e. The number of nitrogens with one attached hydrogen (secondary N) is 1. The fourth-order valence-electron chi connectivity index (χ4n) is 2.41. The van der Waals surface area contributed by atoms with Gasteiger partial charge in [0.1, 0.15) is 5.56 Å². The zero-order valence-electron chi connectivity index (χ0n) is 10.7. The van der Waals surface area contributed by atoms with Crippen LogP contribution in [0, 0.1) is 16.0 Å². The summed E-state index contributed by atoms with van der Waals surface area (Å²) < 4.78 is 0. The van der Waals surface area contributed by atoms with Crippen LogP contribution in [0.3, 0.4) is 0 Å². The lowest BCUT2D eigenvalue weighted by Gasteiger charge is -2.11. The molecule has 0 aliphatic heterocycles. The molecule has 1 aromatic carbocycles. The fraction of sp³-hybridized carbons (Fsp3) is 0.462. The van der Waals surface area contributed by atoms with Gasteiger partial charge in [-0.2, -0.15) is 0 Å². The first-order valence-corrected chi connectivity index (χ1v) is 6.75. The predicted octanol–water partition coefficient (Wildman–Crippen LogP) is 2.14. The highest BCUT2D eigenvalue weighted by molar-refractivity contribution is 6.31. The van der Waals surface area contributed by atoms with Crippen LogP contribution < -0.4 is 5.32 Å². The lowest BCUT2D eigenvalue weighted by Crippen LogP contribution is -2.29. The first-order chi connectivity index (χ1) is 9.47. The molecule has 2 unspecified atom stereocenters. The summed E-state index contributed by atoms with van der Waals surface area (Å²) in [5.41, 5.74) is -0.306. The van der Waals surface area contributed by atoms with Crippen LogP contribution in [0.25, 0.3) is 0 Å². The Kier molecular flexibility index (Phi) is 4.57. The molecular formula is C13H15ClN2O4. The van der Waals surface area contributed by atoms with Crippen LogP contribution in [0.5, 0.6) is 0 Å². The summed E-state index contributed by atoms with van der Waals surface area (Å²) in [5, 5.41) is 23.2. The Hall–Kier alpha value is -1.66. The van der Waals surface area contributed by atoms with Crippen LogP contribution in [-0.2, 0) is 0 Å². The molecule has 1 amide bonds. The van der Waals surface area contributed by atoms with Crippen LogP contribution >= 0.6 is 11.6 Å². The van der Waals surface area contributed by atoms with Gasteiger partial charge in [0.2, 0.25) is 0 Å². The number of benzene rings is 1. The number of amides is 1. The van der Waals surface area contributed by atoms with E-state index in [0.29, 0.717) is 13.0 Å². The second-order valence-electron chi connectivity index (χ2n) is 4.96. The molecule has 0 saturated heterocycles. The molecule has 1 fully saturated rings. The predicted molar refractivity (Wildman–Crippen MR) is 73.8 cm³/mol. The maximum absolute atomic E-state index is 12.0. The summed E-state index contributed by atoms with van der Waals surface area (Å²) in [6.45, 7) is 0.412. The minimum Gasteiger partial charge on any atom is -0.393 e. The molecule has 2 rings (SSSR count). The molecule has 2 atom stereocenters. The molecular weight excluding hydrogens is 284 g/mol. The van der Waals surface area contributed by atoms with Gasteiger partial charge < -0.3 is 10.4 Å². The van der Waals surface area contributed by atoms with Crippen LogP contribution in [-0.4, -0.2) is 28.6 Å². The number of nitrogens with zero attached hydrogens (tertiary/aromatic N) is 1. The molecule has 0 aromatic heterocycles. The van der Waals surface area contributed by atoms with E-state index < -0.39 is 10.8 Å². The van der Waals surface area contributed by atoms with Crippen molar-refractivity contribution in [2.45, 2.75) is 25.4 Å². The van der Waals surface area contributed by atoms with Gasteiger partial charge in [-0.15, -0.1) is 0 Å². The smallest absolute Gasteiger partial charge is 0.283 e. The average molecular weight is 299 g/mol. The number of rotatable bonds is 4. The van der Waals surface area contributed by atoms with Crippen molar-refractivity contribution in [3.63, 3.8) is 0 Å². The number of hydrogen-bond donors (Lipinski definition) is 2. The number of aliphatic hydroxyl groups is 1. The maximum Gasteiger partial charge on any atom is 0.283 e. The molecule has 1 aliphatic carbocycles. The van der Waals surface area contributed by atoms with E-state index in [0.717, 1.165) is 18.9 Å².